The van der Waals surface area contributed by atoms with Gasteiger partial charge in [0.05, 0.1) is 0 Å². The molecule has 92 valence electrons. The maximum Gasteiger partial charge on any atom is 0.317 e. The van der Waals surface area contributed by atoms with Gasteiger partial charge in [-0.3, -0.25) is 0 Å². The molecule has 0 radical (unpaired) electrons. The Balaban J connectivity index is 1.68. The molecule has 2 N–H and O–H groups in total. The van der Waals surface area contributed by atoms with Crippen LogP contribution in [0.3, 0.4) is 0 Å². The largest absolute Gasteiger partial charge is 0.336 e. The van der Waals surface area contributed by atoms with E-state index in [2.05, 4.69) is 10.6 Å². The zero-order chi connectivity index (χ0) is 12.1. The zero-order valence-electron chi connectivity index (χ0n) is 9.58. The van der Waals surface area contributed by atoms with Crippen LogP contribution < -0.4 is 10.6 Å². The molecular weight excluding hydrogens is 238 g/mol. The van der Waals surface area contributed by atoms with Crippen LogP contribution in [0, 0.1) is 0 Å². The summed E-state index contributed by atoms with van der Waals surface area (Å²) in [6.45, 7) is 3.87. The molecule has 0 spiro atoms. The maximum absolute atomic E-state index is 11.3. The zero-order valence-corrected chi connectivity index (χ0v) is 10.3. The summed E-state index contributed by atoms with van der Waals surface area (Å²) in [5, 5.41) is 6.83. The number of benzene rings is 1. The lowest BCUT2D eigenvalue weighted by molar-refractivity contribution is 0.217. The summed E-state index contributed by atoms with van der Waals surface area (Å²) in [5.41, 5.74) is 1.16. The summed E-state index contributed by atoms with van der Waals surface area (Å²) in [5.74, 6) is 0. The molecule has 2 amide bonds. The van der Waals surface area contributed by atoms with E-state index in [-0.39, 0.29) is 6.03 Å². The fourth-order valence-corrected chi connectivity index (χ4v) is 2.03. The Morgan fingerprint density at radius 1 is 1.47 bits per heavy atom. The van der Waals surface area contributed by atoms with E-state index in [1.54, 1.807) is 0 Å². The molecule has 1 aliphatic rings. The van der Waals surface area contributed by atoms with Crippen molar-refractivity contribution in [2.45, 2.75) is 6.54 Å². The van der Waals surface area contributed by atoms with E-state index in [4.69, 9.17) is 11.6 Å². The number of hydrogen-bond acceptors (Lipinski definition) is 2. The van der Waals surface area contributed by atoms with Gasteiger partial charge in [-0.25, -0.2) is 4.79 Å². The Morgan fingerprint density at radius 2 is 2.35 bits per heavy atom. The molecule has 0 aliphatic carbocycles. The maximum atomic E-state index is 11.3. The van der Waals surface area contributed by atoms with Crippen LogP contribution in [0.15, 0.2) is 24.3 Å². The van der Waals surface area contributed by atoms with E-state index in [1.165, 1.54) is 0 Å². The van der Waals surface area contributed by atoms with Gasteiger partial charge in [-0.1, -0.05) is 23.7 Å². The molecule has 1 saturated heterocycles. The number of halogens is 1. The first-order chi connectivity index (χ1) is 8.25. The van der Waals surface area contributed by atoms with Crippen LogP contribution in [0.5, 0.6) is 0 Å². The number of carbonyl (C=O) groups is 1. The lowest BCUT2D eigenvalue weighted by Crippen LogP contribution is -2.34. The number of nitrogens with one attached hydrogen (secondary N) is 2. The third kappa shape index (κ3) is 3.61. The van der Waals surface area contributed by atoms with Crippen LogP contribution in [0.1, 0.15) is 5.56 Å². The molecular formula is C12H16ClN3O. The van der Waals surface area contributed by atoms with Gasteiger partial charge in [0.15, 0.2) is 0 Å². The normalized spacial score (nSPS) is 15.1. The lowest BCUT2D eigenvalue weighted by Gasteiger charge is -2.14. The van der Waals surface area contributed by atoms with Gasteiger partial charge in [0.25, 0.3) is 0 Å². The average molecular weight is 254 g/mol. The van der Waals surface area contributed by atoms with Gasteiger partial charge in [-0.05, 0) is 17.7 Å². The summed E-state index contributed by atoms with van der Waals surface area (Å²) in [7, 11) is 0. The Labute approximate surface area is 106 Å². The van der Waals surface area contributed by atoms with E-state index < -0.39 is 0 Å². The molecule has 0 unspecified atom stereocenters. The smallest absolute Gasteiger partial charge is 0.317 e. The molecule has 1 aliphatic heterocycles. The topological polar surface area (TPSA) is 44.4 Å². The summed E-state index contributed by atoms with van der Waals surface area (Å²) in [6.07, 6.45) is 0. The first-order valence-corrected chi connectivity index (χ1v) is 6.11. The minimum Gasteiger partial charge on any atom is -0.336 e. The number of carbonyl (C=O) groups excluding carboxylic acids is 1. The van der Waals surface area contributed by atoms with E-state index >= 15 is 0 Å². The second kappa shape index (κ2) is 5.89. The fraction of sp³-hybridized carbons (Fsp3) is 0.417. The molecule has 0 aromatic heterocycles. The standard InChI is InChI=1S/C12H16ClN3O/c13-11-3-1-2-10(8-11)9-14-4-6-16-7-5-15-12(16)17/h1-3,8,14H,4-7,9H2,(H,15,17). The third-order valence-electron chi connectivity index (χ3n) is 2.72. The van der Waals surface area contributed by atoms with Crippen LogP contribution in [0.2, 0.25) is 5.02 Å². The van der Waals surface area contributed by atoms with Crippen LogP contribution in [-0.2, 0) is 6.54 Å². The molecule has 1 heterocycles. The van der Waals surface area contributed by atoms with Crippen molar-refractivity contribution in [3.8, 4) is 0 Å². The minimum absolute atomic E-state index is 0.0366. The van der Waals surface area contributed by atoms with E-state index in [1.807, 2.05) is 29.2 Å². The number of hydrogen-bond donors (Lipinski definition) is 2. The SMILES string of the molecule is O=C1NCCN1CCNCc1cccc(Cl)c1. The third-order valence-corrected chi connectivity index (χ3v) is 2.96. The van der Waals surface area contributed by atoms with Crippen molar-refractivity contribution in [3.63, 3.8) is 0 Å². The number of amides is 2. The van der Waals surface area contributed by atoms with Gasteiger partial charge in [0.1, 0.15) is 0 Å². The second-order valence-corrected chi connectivity index (χ2v) is 4.46. The van der Waals surface area contributed by atoms with Crippen molar-refractivity contribution in [1.29, 1.82) is 0 Å². The molecule has 1 fully saturated rings. The predicted octanol–water partition coefficient (Wildman–Crippen LogP) is 1.45. The minimum atomic E-state index is 0.0366. The van der Waals surface area contributed by atoms with Crippen molar-refractivity contribution in [2.75, 3.05) is 26.2 Å². The number of nitrogens with zero attached hydrogens (tertiary/aromatic N) is 1. The highest BCUT2D eigenvalue weighted by Crippen LogP contribution is 2.10. The van der Waals surface area contributed by atoms with Gasteiger partial charge < -0.3 is 15.5 Å². The first kappa shape index (κ1) is 12.2. The Kier molecular flexibility index (Phi) is 4.23. The Bertz CT molecular complexity index is 397. The highest BCUT2D eigenvalue weighted by atomic mass is 35.5. The van der Waals surface area contributed by atoms with Gasteiger partial charge in [-0.2, -0.15) is 0 Å². The van der Waals surface area contributed by atoms with Gasteiger partial charge in [0, 0.05) is 37.7 Å². The summed E-state index contributed by atoms with van der Waals surface area (Å²) in [4.78, 5) is 13.1. The van der Waals surface area contributed by atoms with Crippen LogP contribution >= 0.6 is 11.6 Å². The molecule has 2 rings (SSSR count). The highest BCUT2D eigenvalue weighted by Gasteiger charge is 2.17. The Morgan fingerprint density at radius 3 is 3.06 bits per heavy atom. The quantitative estimate of drug-likeness (QED) is 0.781. The molecule has 17 heavy (non-hydrogen) atoms. The summed E-state index contributed by atoms with van der Waals surface area (Å²) in [6, 6.07) is 7.81. The molecule has 4 nitrogen and oxygen atoms in total. The number of rotatable bonds is 5. The molecule has 5 heteroatoms. The monoisotopic (exact) mass is 253 g/mol. The van der Waals surface area contributed by atoms with Crippen molar-refractivity contribution in [3.05, 3.63) is 34.9 Å². The summed E-state index contributed by atoms with van der Waals surface area (Å²) < 4.78 is 0. The van der Waals surface area contributed by atoms with Crippen molar-refractivity contribution in [2.24, 2.45) is 0 Å². The van der Waals surface area contributed by atoms with Crippen LogP contribution in [0.25, 0.3) is 0 Å². The lowest BCUT2D eigenvalue weighted by atomic mass is 10.2. The van der Waals surface area contributed by atoms with Crippen molar-refractivity contribution >= 4 is 17.6 Å². The molecule has 1 aromatic rings. The van der Waals surface area contributed by atoms with Gasteiger partial charge in [0.2, 0.25) is 0 Å². The van der Waals surface area contributed by atoms with Crippen LogP contribution in [-0.4, -0.2) is 37.1 Å². The van der Waals surface area contributed by atoms with Gasteiger partial charge >= 0.3 is 6.03 Å². The second-order valence-electron chi connectivity index (χ2n) is 4.03. The molecule has 1 aromatic carbocycles. The summed E-state index contributed by atoms with van der Waals surface area (Å²) >= 11 is 5.89. The van der Waals surface area contributed by atoms with Crippen molar-refractivity contribution in [1.82, 2.24) is 15.5 Å². The van der Waals surface area contributed by atoms with E-state index in [0.717, 1.165) is 43.3 Å². The van der Waals surface area contributed by atoms with E-state index in [9.17, 15) is 4.79 Å². The van der Waals surface area contributed by atoms with Crippen molar-refractivity contribution < 1.29 is 4.79 Å². The van der Waals surface area contributed by atoms with Gasteiger partial charge in [-0.15, -0.1) is 0 Å². The number of urea groups is 1. The molecule has 0 bridgehead atoms. The molecule has 0 atom stereocenters. The Hall–Kier alpha value is -1.26. The fourth-order valence-electron chi connectivity index (χ4n) is 1.82. The predicted molar refractivity (Wildman–Crippen MR) is 68.1 cm³/mol. The highest BCUT2D eigenvalue weighted by molar-refractivity contribution is 6.30. The first-order valence-electron chi connectivity index (χ1n) is 5.73. The average Bonchev–Trinajstić information content (AvgIpc) is 2.71. The molecule has 0 saturated carbocycles. The van der Waals surface area contributed by atoms with E-state index in [0.29, 0.717) is 0 Å². The van der Waals surface area contributed by atoms with Crippen LogP contribution in [0.4, 0.5) is 4.79 Å².